The normalized spacial score (nSPS) is 11.3. The second kappa shape index (κ2) is 5.76. The number of nitrogens with zero attached hydrogens (tertiary/aromatic N) is 2. The summed E-state index contributed by atoms with van der Waals surface area (Å²) < 4.78 is 3.68. The van der Waals surface area contributed by atoms with Gasteiger partial charge in [0.15, 0.2) is 0 Å². The zero-order valence-electron chi connectivity index (χ0n) is 13.3. The van der Waals surface area contributed by atoms with Crippen LogP contribution >= 0.6 is 0 Å². The number of aromatic nitrogens is 2. The van der Waals surface area contributed by atoms with Crippen LogP contribution in [0.25, 0.3) is 10.8 Å². The van der Waals surface area contributed by atoms with Gasteiger partial charge in [-0.15, -0.1) is 0 Å². The standard InChI is InChI=1S/C18H20N4O/c1-12(2)21-8-7-17(23)22(21)11-13-3-4-14-5-6-15(18(19)20)10-16(14)9-13/h3-10,12H,11H2,1-2H3,(H3,19,20). The van der Waals surface area contributed by atoms with Crippen molar-refractivity contribution in [3.63, 3.8) is 0 Å². The minimum Gasteiger partial charge on any atom is -0.384 e. The van der Waals surface area contributed by atoms with Gasteiger partial charge < -0.3 is 5.73 Å². The summed E-state index contributed by atoms with van der Waals surface area (Å²) in [4.78, 5) is 12.1. The highest BCUT2D eigenvalue weighted by Gasteiger charge is 2.08. The van der Waals surface area contributed by atoms with Crippen LogP contribution in [0.3, 0.4) is 0 Å². The minimum absolute atomic E-state index is 0.00344. The monoisotopic (exact) mass is 308 g/mol. The van der Waals surface area contributed by atoms with E-state index in [4.69, 9.17) is 11.1 Å². The Balaban J connectivity index is 2.02. The summed E-state index contributed by atoms with van der Waals surface area (Å²) in [6.07, 6.45) is 1.82. The van der Waals surface area contributed by atoms with Gasteiger partial charge in [-0.2, -0.15) is 0 Å². The Morgan fingerprint density at radius 2 is 1.87 bits per heavy atom. The van der Waals surface area contributed by atoms with Gasteiger partial charge in [0.2, 0.25) is 0 Å². The molecule has 0 atom stereocenters. The molecule has 1 aromatic heterocycles. The third-order valence-electron chi connectivity index (χ3n) is 3.98. The minimum atomic E-state index is -0.00344. The van der Waals surface area contributed by atoms with E-state index in [2.05, 4.69) is 13.8 Å². The SMILES string of the molecule is CC(C)n1ccc(=O)n1Cc1ccc2ccc(C(=N)N)cc2c1. The van der Waals surface area contributed by atoms with E-state index >= 15 is 0 Å². The van der Waals surface area contributed by atoms with Crippen molar-refractivity contribution in [2.24, 2.45) is 5.73 Å². The molecule has 3 rings (SSSR count). The van der Waals surface area contributed by atoms with Crippen LogP contribution in [-0.4, -0.2) is 15.2 Å². The highest BCUT2D eigenvalue weighted by Crippen LogP contribution is 2.18. The van der Waals surface area contributed by atoms with E-state index in [0.717, 1.165) is 16.3 Å². The van der Waals surface area contributed by atoms with Crippen molar-refractivity contribution in [3.05, 3.63) is 70.1 Å². The number of hydrogen-bond donors (Lipinski definition) is 2. The lowest BCUT2D eigenvalue weighted by molar-refractivity contribution is 0.422. The third-order valence-corrected chi connectivity index (χ3v) is 3.98. The van der Waals surface area contributed by atoms with Crippen LogP contribution in [0.1, 0.15) is 31.0 Å². The second-order valence-electron chi connectivity index (χ2n) is 6.00. The first-order chi connectivity index (χ1) is 11.0. The molecule has 5 nitrogen and oxygen atoms in total. The van der Waals surface area contributed by atoms with E-state index in [1.807, 2.05) is 47.3 Å². The van der Waals surface area contributed by atoms with Gasteiger partial charge in [-0.1, -0.05) is 24.3 Å². The van der Waals surface area contributed by atoms with Crippen molar-refractivity contribution in [2.45, 2.75) is 26.4 Å². The van der Waals surface area contributed by atoms with Gasteiger partial charge in [0.05, 0.1) is 6.54 Å². The van der Waals surface area contributed by atoms with E-state index in [0.29, 0.717) is 12.1 Å². The zero-order valence-corrected chi connectivity index (χ0v) is 13.3. The van der Waals surface area contributed by atoms with Crippen LogP contribution in [0, 0.1) is 5.41 Å². The fraction of sp³-hybridized carbons (Fsp3) is 0.222. The summed E-state index contributed by atoms with van der Waals surface area (Å²) in [5.41, 5.74) is 7.30. The zero-order chi connectivity index (χ0) is 16.6. The number of fused-ring (bicyclic) bond motifs is 1. The summed E-state index contributed by atoms with van der Waals surface area (Å²) >= 11 is 0. The van der Waals surface area contributed by atoms with Gasteiger partial charge in [-0.05, 0) is 42.3 Å². The highest BCUT2D eigenvalue weighted by molar-refractivity contribution is 5.99. The fourth-order valence-electron chi connectivity index (χ4n) is 2.77. The van der Waals surface area contributed by atoms with Gasteiger partial charge >= 0.3 is 0 Å². The van der Waals surface area contributed by atoms with Gasteiger partial charge in [-0.25, -0.2) is 4.68 Å². The molecule has 118 valence electrons. The lowest BCUT2D eigenvalue weighted by Gasteiger charge is -2.15. The quantitative estimate of drug-likeness (QED) is 0.574. The van der Waals surface area contributed by atoms with Crippen molar-refractivity contribution in [1.82, 2.24) is 9.36 Å². The predicted molar refractivity (Wildman–Crippen MR) is 93.1 cm³/mol. The topological polar surface area (TPSA) is 76.8 Å². The van der Waals surface area contributed by atoms with Crippen molar-refractivity contribution >= 4 is 16.6 Å². The van der Waals surface area contributed by atoms with Crippen LogP contribution in [0.5, 0.6) is 0 Å². The maximum absolute atomic E-state index is 12.1. The average Bonchev–Trinajstić information content (AvgIpc) is 2.87. The molecule has 0 saturated heterocycles. The second-order valence-corrected chi connectivity index (χ2v) is 6.00. The molecule has 0 unspecified atom stereocenters. The van der Waals surface area contributed by atoms with Gasteiger partial charge in [0, 0.05) is 23.9 Å². The van der Waals surface area contributed by atoms with Crippen LogP contribution < -0.4 is 11.3 Å². The molecular formula is C18H20N4O. The van der Waals surface area contributed by atoms with E-state index in [-0.39, 0.29) is 17.4 Å². The first kappa shape index (κ1) is 15.1. The molecule has 0 aliphatic heterocycles. The number of benzene rings is 2. The molecule has 3 N–H and O–H groups in total. The average molecular weight is 308 g/mol. The highest BCUT2D eigenvalue weighted by atomic mass is 16.1. The Kier molecular flexibility index (Phi) is 3.78. The number of rotatable bonds is 4. The number of nitrogens with two attached hydrogens (primary N) is 1. The molecule has 2 aromatic carbocycles. The number of nitrogens with one attached hydrogen (secondary N) is 1. The maximum Gasteiger partial charge on any atom is 0.266 e. The summed E-state index contributed by atoms with van der Waals surface area (Å²) in [5, 5.41) is 9.66. The smallest absolute Gasteiger partial charge is 0.266 e. The van der Waals surface area contributed by atoms with E-state index < -0.39 is 0 Å². The van der Waals surface area contributed by atoms with E-state index in [1.165, 1.54) is 0 Å². The molecule has 0 radical (unpaired) electrons. The van der Waals surface area contributed by atoms with Gasteiger partial charge in [0.1, 0.15) is 5.84 Å². The molecule has 5 heteroatoms. The Bertz CT molecular complexity index is 934. The van der Waals surface area contributed by atoms with Gasteiger partial charge in [-0.3, -0.25) is 14.9 Å². The summed E-state index contributed by atoms with van der Waals surface area (Å²) in [6.45, 7) is 4.62. The molecular weight excluding hydrogens is 288 g/mol. The predicted octanol–water partition coefficient (Wildman–Crippen LogP) is 2.72. The van der Waals surface area contributed by atoms with Crippen LogP contribution in [0.15, 0.2) is 53.5 Å². The Morgan fingerprint density at radius 1 is 1.13 bits per heavy atom. The molecule has 0 aliphatic carbocycles. The van der Waals surface area contributed by atoms with Crippen molar-refractivity contribution in [2.75, 3.05) is 0 Å². The van der Waals surface area contributed by atoms with E-state index in [1.54, 1.807) is 10.7 Å². The molecule has 0 bridgehead atoms. The van der Waals surface area contributed by atoms with Crippen molar-refractivity contribution in [3.8, 4) is 0 Å². The molecule has 0 aliphatic rings. The Labute approximate surface area is 134 Å². The first-order valence-electron chi connectivity index (χ1n) is 7.61. The Hall–Kier alpha value is -2.82. The van der Waals surface area contributed by atoms with Gasteiger partial charge in [0.25, 0.3) is 5.56 Å². The van der Waals surface area contributed by atoms with Crippen LogP contribution in [0.2, 0.25) is 0 Å². The lowest BCUT2D eigenvalue weighted by Crippen LogP contribution is -2.24. The fourth-order valence-corrected chi connectivity index (χ4v) is 2.77. The summed E-state index contributed by atoms with van der Waals surface area (Å²) in [6, 6.07) is 13.6. The molecule has 0 amide bonds. The largest absolute Gasteiger partial charge is 0.384 e. The Morgan fingerprint density at radius 3 is 2.57 bits per heavy atom. The number of hydrogen-bond acceptors (Lipinski definition) is 2. The van der Waals surface area contributed by atoms with Crippen molar-refractivity contribution in [1.29, 1.82) is 5.41 Å². The molecule has 23 heavy (non-hydrogen) atoms. The molecule has 3 aromatic rings. The van der Waals surface area contributed by atoms with Crippen molar-refractivity contribution < 1.29 is 0 Å². The van der Waals surface area contributed by atoms with E-state index in [9.17, 15) is 4.79 Å². The summed E-state index contributed by atoms with van der Waals surface area (Å²) in [7, 11) is 0. The summed E-state index contributed by atoms with van der Waals surface area (Å²) in [5.74, 6) is 0.0576. The molecule has 0 fully saturated rings. The maximum atomic E-state index is 12.1. The molecule has 0 saturated carbocycles. The van der Waals surface area contributed by atoms with Crippen LogP contribution in [0.4, 0.5) is 0 Å². The number of amidine groups is 1. The molecule has 1 heterocycles. The third kappa shape index (κ3) is 2.90. The number of nitrogen functional groups attached to an aromatic ring is 1. The molecule has 0 spiro atoms. The van der Waals surface area contributed by atoms with Crippen LogP contribution in [-0.2, 0) is 6.54 Å². The first-order valence-corrected chi connectivity index (χ1v) is 7.61. The lowest BCUT2D eigenvalue weighted by atomic mass is 10.0.